The van der Waals surface area contributed by atoms with E-state index in [4.69, 9.17) is 28.2 Å². The van der Waals surface area contributed by atoms with Gasteiger partial charge in [0.25, 0.3) is 0 Å². The predicted molar refractivity (Wildman–Crippen MR) is 84.0 cm³/mol. The van der Waals surface area contributed by atoms with Crippen molar-refractivity contribution in [3.63, 3.8) is 0 Å². The lowest BCUT2D eigenvalue weighted by Gasteiger charge is -2.23. The SMILES string of the molecule is NC(=S)c1cc(N(CCO)CCO)nc2ccccc12. The third-order valence-corrected chi connectivity index (χ3v) is 3.25. The van der Waals surface area contributed by atoms with Gasteiger partial charge in [0.05, 0.1) is 18.7 Å². The number of anilines is 1. The van der Waals surface area contributed by atoms with Gasteiger partial charge < -0.3 is 20.8 Å². The number of aromatic nitrogens is 1. The molecule has 0 aliphatic rings. The molecule has 1 aromatic heterocycles. The molecule has 0 spiro atoms. The highest BCUT2D eigenvalue weighted by atomic mass is 32.1. The molecule has 5 nitrogen and oxygen atoms in total. The maximum Gasteiger partial charge on any atom is 0.130 e. The molecule has 0 aliphatic carbocycles. The average Bonchev–Trinajstić information content (AvgIpc) is 2.45. The van der Waals surface area contributed by atoms with Crippen molar-refractivity contribution in [2.24, 2.45) is 5.73 Å². The van der Waals surface area contributed by atoms with E-state index in [1.165, 1.54) is 0 Å². The number of aliphatic hydroxyl groups is 2. The molecule has 0 saturated carbocycles. The summed E-state index contributed by atoms with van der Waals surface area (Å²) >= 11 is 5.10. The third-order valence-electron chi connectivity index (χ3n) is 3.03. The topological polar surface area (TPSA) is 82.6 Å². The van der Waals surface area contributed by atoms with Crippen LogP contribution in [-0.2, 0) is 0 Å². The van der Waals surface area contributed by atoms with Gasteiger partial charge in [-0.05, 0) is 12.1 Å². The number of rotatable bonds is 6. The van der Waals surface area contributed by atoms with Crippen molar-refractivity contribution < 1.29 is 10.2 Å². The van der Waals surface area contributed by atoms with E-state index in [-0.39, 0.29) is 13.2 Å². The van der Waals surface area contributed by atoms with Gasteiger partial charge in [-0.15, -0.1) is 0 Å². The Hall–Kier alpha value is -1.76. The lowest BCUT2D eigenvalue weighted by molar-refractivity contribution is 0.280. The molecule has 4 N–H and O–H groups in total. The standard InChI is InChI=1S/C14H17N3O2S/c15-14(20)11-9-13(17(5-7-18)6-8-19)16-12-4-2-1-3-10(11)12/h1-4,9,18-19H,5-8H2,(H2,15,20). The Kier molecular flexibility index (Phi) is 4.84. The van der Waals surface area contributed by atoms with E-state index in [9.17, 15) is 0 Å². The Morgan fingerprint density at radius 3 is 2.45 bits per heavy atom. The number of benzene rings is 1. The fourth-order valence-electron chi connectivity index (χ4n) is 2.11. The van der Waals surface area contributed by atoms with E-state index < -0.39 is 0 Å². The quantitative estimate of drug-likeness (QED) is 0.678. The number of hydrogen-bond acceptors (Lipinski definition) is 5. The summed E-state index contributed by atoms with van der Waals surface area (Å²) in [7, 11) is 0. The predicted octanol–water partition coefficient (Wildman–Crippen LogP) is 0.660. The van der Waals surface area contributed by atoms with Crippen LogP contribution >= 0.6 is 12.2 Å². The highest BCUT2D eigenvalue weighted by molar-refractivity contribution is 7.80. The second-order valence-electron chi connectivity index (χ2n) is 4.34. The van der Waals surface area contributed by atoms with E-state index in [0.717, 1.165) is 16.5 Å². The number of aliphatic hydroxyl groups excluding tert-OH is 2. The maximum absolute atomic E-state index is 9.11. The van der Waals surface area contributed by atoms with Gasteiger partial charge in [-0.25, -0.2) is 4.98 Å². The van der Waals surface area contributed by atoms with Gasteiger partial charge in [-0.3, -0.25) is 0 Å². The van der Waals surface area contributed by atoms with Crippen LogP contribution in [0.2, 0.25) is 0 Å². The summed E-state index contributed by atoms with van der Waals surface area (Å²) in [4.78, 5) is 6.65. The highest BCUT2D eigenvalue weighted by Crippen LogP contribution is 2.22. The molecule has 0 fully saturated rings. The first-order valence-corrected chi connectivity index (χ1v) is 6.74. The summed E-state index contributed by atoms with van der Waals surface area (Å²) < 4.78 is 0. The molecular weight excluding hydrogens is 274 g/mol. The molecule has 2 rings (SSSR count). The van der Waals surface area contributed by atoms with Crippen molar-refractivity contribution >= 4 is 33.9 Å². The van der Waals surface area contributed by atoms with Crippen molar-refractivity contribution in [3.8, 4) is 0 Å². The van der Waals surface area contributed by atoms with E-state index in [1.807, 2.05) is 24.3 Å². The average molecular weight is 291 g/mol. The van der Waals surface area contributed by atoms with E-state index in [1.54, 1.807) is 11.0 Å². The molecule has 0 saturated heterocycles. The summed E-state index contributed by atoms with van der Waals surface area (Å²) in [5.41, 5.74) is 7.32. The van der Waals surface area contributed by atoms with E-state index in [0.29, 0.717) is 23.9 Å². The molecule has 0 radical (unpaired) electrons. The minimum Gasteiger partial charge on any atom is -0.395 e. The van der Waals surface area contributed by atoms with Crippen molar-refractivity contribution in [1.29, 1.82) is 0 Å². The van der Waals surface area contributed by atoms with Crippen LogP contribution in [0.15, 0.2) is 30.3 Å². The van der Waals surface area contributed by atoms with Crippen LogP contribution in [0.4, 0.5) is 5.82 Å². The molecule has 0 amide bonds. The first-order valence-electron chi connectivity index (χ1n) is 6.33. The molecule has 1 heterocycles. The van der Waals surface area contributed by atoms with Crippen LogP contribution in [0.5, 0.6) is 0 Å². The summed E-state index contributed by atoms with van der Waals surface area (Å²) in [5, 5.41) is 19.1. The van der Waals surface area contributed by atoms with Crippen molar-refractivity contribution in [2.75, 3.05) is 31.2 Å². The van der Waals surface area contributed by atoms with Crippen LogP contribution in [-0.4, -0.2) is 46.5 Å². The van der Waals surface area contributed by atoms with Crippen molar-refractivity contribution in [3.05, 3.63) is 35.9 Å². The van der Waals surface area contributed by atoms with Crippen LogP contribution in [0.3, 0.4) is 0 Å². The molecule has 0 unspecified atom stereocenters. The highest BCUT2D eigenvalue weighted by Gasteiger charge is 2.12. The monoisotopic (exact) mass is 291 g/mol. The largest absolute Gasteiger partial charge is 0.395 e. The van der Waals surface area contributed by atoms with Crippen LogP contribution < -0.4 is 10.6 Å². The van der Waals surface area contributed by atoms with Gasteiger partial charge in [-0.1, -0.05) is 30.4 Å². The minimum atomic E-state index is -0.0170. The summed E-state index contributed by atoms with van der Waals surface area (Å²) in [6.45, 7) is 0.749. The van der Waals surface area contributed by atoms with Gasteiger partial charge in [0, 0.05) is 24.0 Å². The smallest absolute Gasteiger partial charge is 0.130 e. The fourth-order valence-corrected chi connectivity index (χ4v) is 2.28. The van der Waals surface area contributed by atoms with Gasteiger partial charge in [0.15, 0.2) is 0 Å². The number of hydrogen-bond donors (Lipinski definition) is 3. The Balaban J connectivity index is 2.56. The Labute approximate surface area is 122 Å². The molecule has 6 heteroatoms. The fraction of sp³-hybridized carbons (Fsp3) is 0.286. The lowest BCUT2D eigenvalue weighted by atomic mass is 10.1. The van der Waals surface area contributed by atoms with Crippen molar-refractivity contribution in [1.82, 2.24) is 4.98 Å². The van der Waals surface area contributed by atoms with Gasteiger partial charge in [0.2, 0.25) is 0 Å². The molecular formula is C14H17N3O2S. The Bertz CT molecular complexity index is 612. The Morgan fingerprint density at radius 2 is 1.85 bits per heavy atom. The number of nitrogens with zero attached hydrogens (tertiary/aromatic N) is 2. The molecule has 0 bridgehead atoms. The van der Waals surface area contributed by atoms with Crippen LogP contribution in [0, 0.1) is 0 Å². The molecule has 1 aromatic carbocycles. The number of fused-ring (bicyclic) bond motifs is 1. The number of pyridine rings is 1. The first kappa shape index (κ1) is 14.6. The molecule has 20 heavy (non-hydrogen) atoms. The zero-order chi connectivity index (χ0) is 14.5. The Morgan fingerprint density at radius 1 is 1.20 bits per heavy atom. The van der Waals surface area contributed by atoms with Crippen LogP contribution in [0.25, 0.3) is 10.9 Å². The van der Waals surface area contributed by atoms with Crippen molar-refractivity contribution in [2.45, 2.75) is 0 Å². The number of nitrogens with two attached hydrogens (primary N) is 1. The summed E-state index contributed by atoms with van der Waals surface area (Å²) in [6, 6.07) is 9.41. The molecule has 2 aromatic rings. The maximum atomic E-state index is 9.11. The third kappa shape index (κ3) is 3.04. The zero-order valence-corrected chi connectivity index (χ0v) is 11.8. The van der Waals surface area contributed by atoms with E-state index in [2.05, 4.69) is 4.98 Å². The van der Waals surface area contributed by atoms with Crippen LogP contribution in [0.1, 0.15) is 5.56 Å². The second kappa shape index (κ2) is 6.60. The summed E-state index contributed by atoms with van der Waals surface area (Å²) in [5.74, 6) is 0.648. The molecule has 0 atom stereocenters. The van der Waals surface area contributed by atoms with Gasteiger partial charge in [-0.2, -0.15) is 0 Å². The summed E-state index contributed by atoms with van der Waals surface area (Å²) in [6.07, 6.45) is 0. The second-order valence-corrected chi connectivity index (χ2v) is 4.78. The number of para-hydroxylation sites is 1. The molecule has 0 aliphatic heterocycles. The first-order chi connectivity index (χ1) is 9.67. The van der Waals surface area contributed by atoms with Gasteiger partial charge in [0.1, 0.15) is 10.8 Å². The lowest BCUT2D eigenvalue weighted by Crippen LogP contribution is -2.30. The van der Waals surface area contributed by atoms with Gasteiger partial charge >= 0.3 is 0 Å². The zero-order valence-electron chi connectivity index (χ0n) is 11.0. The molecule has 106 valence electrons. The number of thiocarbonyl (C=S) groups is 1. The minimum absolute atomic E-state index is 0.0170. The normalized spacial score (nSPS) is 10.7. The van der Waals surface area contributed by atoms with E-state index >= 15 is 0 Å².